The summed E-state index contributed by atoms with van der Waals surface area (Å²) in [4.78, 5) is 12.0. The van der Waals surface area contributed by atoms with Crippen molar-refractivity contribution < 1.29 is 9.53 Å². The first kappa shape index (κ1) is 16.2. The second kappa shape index (κ2) is 6.89. The predicted octanol–water partition coefficient (Wildman–Crippen LogP) is 5.09. The molecule has 26 heavy (non-hydrogen) atoms. The molecule has 0 bridgehead atoms. The maximum absolute atomic E-state index is 12.0. The van der Waals surface area contributed by atoms with Crippen LogP contribution in [-0.4, -0.2) is 10.5 Å². The molecular weight excluding hydrogens is 322 g/mol. The highest BCUT2D eigenvalue weighted by Gasteiger charge is 2.07. The van der Waals surface area contributed by atoms with Crippen LogP contribution in [0.2, 0.25) is 0 Å². The maximum atomic E-state index is 12.0. The summed E-state index contributed by atoms with van der Waals surface area (Å²) in [5.41, 5.74) is 4.33. The van der Waals surface area contributed by atoms with E-state index in [1.165, 1.54) is 27.9 Å². The number of aromatic nitrogens is 1. The first-order valence-corrected chi connectivity index (χ1v) is 8.58. The molecule has 0 amide bonds. The lowest BCUT2D eigenvalue weighted by Gasteiger charge is -2.02. The average Bonchev–Trinajstić information content (AvgIpc) is 2.98. The average molecular weight is 341 g/mol. The second-order valence-corrected chi connectivity index (χ2v) is 6.28. The lowest BCUT2D eigenvalue weighted by atomic mass is 10.1. The zero-order valence-electron chi connectivity index (χ0n) is 14.6. The van der Waals surface area contributed by atoms with Gasteiger partial charge in [-0.15, -0.1) is 0 Å². The van der Waals surface area contributed by atoms with E-state index in [1.807, 2.05) is 48.5 Å². The lowest BCUT2D eigenvalue weighted by molar-refractivity contribution is -0.138. The predicted molar refractivity (Wildman–Crippen MR) is 106 cm³/mol. The first-order valence-electron chi connectivity index (χ1n) is 8.58. The fraction of sp³-hybridized carbons (Fsp3) is 0.0870. The van der Waals surface area contributed by atoms with Gasteiger partial charge in [0.15, 0.2) is 0 Å². The van der Waals surface area contributed by atoms with E-state index < -0.39 is 0 Å². The molecule has 0 saturated carbocycles. The van der Waals surface area contributed by atoms with Crippen molar-refractivity contribution >= 4 is 33.9 Å². The van der Waals surface area contributed by atoms with Gasteiger partial charge in [-0.1, -0.05) is 54.6 Å². The Morgan fingerprint density at radius 3 is 2.50 bits per heavy atom. The summed E-state index contributed by atoms with van der Waals surface area (Å²) in [6.07, 6.45) is 3.28. The summed E-state index contributed by atoms with van der Waals surface area (Å²) >= 11 is 0. The molecule has 3 heteroatoms. The van der Waals surface area contributed by atoms with Gasteiger partial charge in [-0.25, -0.2) is 4.79 Å². The number of carbonyl (C=O) groups is 1. The molecule has 0 unspecified atom stereocenters. The third kappa shape index (κ3) is 3.11. The van der Waals surface area contributed by atoms with Crippen molar-refractivity contribution in [3.05, 3.63) is 90.0 Å². The quantitative estimate of drug-likeness (QED) is 0.382. The van der Waals surface area contributed by atoms with Crippen molar-refractivity contribution in [1.29, 1.82) is 0 Å². The minimum atomic E-state index is -0.341. The van der Waals surface area contributed by atoms with Crippen molar-refractivity contribution in [3.63, 3.8) is 0 Å². The van der Waals surface area contributed by atoms with Gasteiger partial charge in [0.1, 0.15) is 6.61 Å². The van der Waals surface area contributed by atoms with Gasteiger partial charge in [0.2, 0.25) is 0 Å². The van der Waals surface area contributed by atoms with E-state index in [4.69, 9.17) is 4.74 Å². The zero-order valence-corrected chi connectivity index (χ0v) is 14.6. The van der Waals surface area contributed by atoms with Crippen LogP contribution in [0.1, 0.15) is 11.1 Å². The van der Waals surface area contributed by atoms with Gasteiger partial charge in [0, 0.05) is 34.9 Å². The molecule has 0 radical (unpaired) electrons. The summed E-state index contributed by atoms with van der Waals surface area (Å²) in [6, 6.07) is 24.2. The molecule has 0 fully saturated rings. The van der Waals surface area contributed by atoms with Crippen LogP contribution in [0.25, 0.3) is 27.9 Å². The summed E-state index contributed by atoms with van der Waals surface area (Å²) in [5.74, 6) is -0.341. The molecule has 1 aromatic heterocycles. The van der Waals surface area contributed by atoms with E-state index in [0.717, 1.165) is 11.1 Å². The minimum absolute atomic E-state index is 0.284. The highest BCUT2D eigenvalue weighted by molar-refractivity contribution is 6.08. The van der Waals surface area contributed by atoms with E-state index in [2.05, 4.69) is 35.9 Å². The normalized spacial score (nSPS) is 11.4. The summed E-state index contributed by atoms with van der Waals surface area (Å²) in [5, 5.41) is 2.40. The molecule has 4 aromatic rings. The molecule has 4 rings (SSSR count). The minimum Gasteiger partial charge on any atom is -0.458 e. The third-order valence-corrected chi connectivity index (χ3v) is 4.57. The van der Waals surface area contributed by atoms with Crippen LogP contribution < -0.4 is 0 Å². The van der Waals surface area contributed by atoms with Crippen LogP contribution in [0.5, 0.6) is 0 Å². The van der Waals surface area contributed by atoms with Gasteiger partial charge in [-0.05, 0) is 35.4 Å². The topological polar surface area (TPSA) is 31.2 Å². The Morgan fingerprint density at radius 1 is 0.923 bits per heavy atom. The Morgan fingerprint density at radius 2 is 1.65 bits per heavy atom. The fourth-order valence-electron chi connectivity index (χ4n) is 3.23. The van der Waals surface area contributed by atoms with Crippen LogP contribution in [0.3, 0.4) is 0 Å². The van der Waals surface area contributed by atoms with E-state index in [1.54, 1.807) is 6.08 Å². The van der Waals surface area contributed by atoms with Crippen LogP contribution in [0.4, 0.5) is 0 Å². The second-order valence-electron chi connectivity index (χ2n) is 6.28. The monoisotopic (exact) mass is 341 g/mol. The standard InChI is InChI=1S/C23H19NO2/c1-24-21-10-6-5-9-19(21)20-15-17(11-13-22(20)24)12-14-23(25)26-16-18-7-3-2-4-8-18/h2-15H,16H2,1H3/b14-12+. The van der Waals surface area contributed by atoms with Crippen molar-refractivity contribution in [1.82, 2.24) is 4.57 Å². The van der Waals surface area contributed by atoms with Crippen molar-refractivity contribution in [2.24, 2.45) is 7.05 Å². The van der Waals surface area contributed by atoms with Gasteiger partial charge in [0.25, 0.3) is 0 Å². The summed E-state index contributed by atoms with van der Waals surface area (Å²) in [6.45, 7) is 0.284. The van der Waals surface area contributed by atoms with Gasteiger partial charge >= 0.3 is 5.97 Å². The number of fused-ring (bicyclic) bond motifs is 3. The smallest absolute Gasteiger partial charge is 0.331 e. The van der Waals surface area contributed by atoms with E-state index in [-0.39, 0.29) is 12.6 Å². The molecule has 0 N–H and O–H groups in total. The van der Waals surface area contributed by atoms with Gasteiger partial charge in [0.05, 0.1) is 0 Å². The third-order valence-electron chi connectivity index (χ3n) is 4.57. The number of aryl methyl sites for hydroxylation is 1. The Hall–Kier alpha value is -3.33. The lowest BCUT2D eigenvalue weighted by Crippen LogP contribution is -2.00. The number of rotatable bonds is 4. The van der Waals surface area contributed by atoms with E-state index in [0.29, 0.717) is 0 Å². The van der Waals surface area contributed by atoms with Gasteiger partial charge < -0.3 is 9.30 Å². The Labute approximate surface area is 152 Å². The van der Waals surface area contributed by atoms with E-state index >= 15 is 0 Å². The van der Waals surface area contributed by atoms with Crippen molar-refractivity contribution in [3.8, 4) is 0 Å². The molecule has 0 spiro atoms. The Kier molecular flexibility index (Phi) is 4.28. The van der Waals surface area contributed by atoms with Gasteiger partial charge in [-0.2, -0.15) is 0 Å². The zero-order chi connectivity index (χ0) is 17.9. The number of ether oxygens (including phenoxy) is 1. The molecule has 0 aliphatic rings. The number of benzene rings is 3. The van der Waals surface area contributed by atoms with Crippen molar-refractivity contribution in [2.45, 2.75) is 6.61 Å². The molecule has 3 nitrogen and oxygen atoms in total. The molecular formula is C23H19NO2. The van der Waals surface area contributed by atoms with Crippen molar-refractivity contribution in [2.75, 3.05) is 0 Å². The number of nitrogens with zero attached hydrogens (tertiary/aromatic N) is 1. The molecule has 0 aliphatic heterocycles. The molecule has 0 atom stereocenters. The van der Waals surface area contributed by atoms with Gasteiger partial charge in [-0.3, -0.25) is 0 Å². The Bertz CT molecular complexity index is 1110. The van der Waals surface area contributed by atoms with Crippen LogP contribution in [0.15, 0.2) is 78.9 Å². The van der Waals surface area contributed by atoms with Crippen LogP contribution in [-0.2, 0) is 23.2 Å². The number of hydrogen-bond donors (Lipinski definition) is 0. The molecule has 1 heterocycles. The highest BCUT2D eigenvalue weighted by atomic mass is 16.5. The summed E-state index contributed by atoms with van der Waals surface area (Å²) < 4.78 is 7.47. The highest BCUT2D eigenvalue weighted by Crippen LogP contribution is 2.28. The maximum Gasteiger partial charge on any atom is 0.331 e. The van der Waals surface area contributed by atoms with Crippen LogP contribution >= 0.6 is 0 Å². The molecule has 0 aliphatic carbocycles. The van der Waals surface area contributed by atoms with Crippen LogP contribution in [0, 0.1) is 0 Å². The molecule has 128 valence electrons. The first-order chi connectivity index (χ1) is 12.7. The number of carbonyl (C=O) groups excluding carboxylic acids is 1. The number of esters is 1. The number of para-hydroxylation sites is 1. The molecule has 3 aromatic carbocycles. The Balaban J connectivity index is 1.54. The molecule has 0 saturated heterocycles. The van der Waals surface area contributed by atoms with E-state index in [9.17, 15) is 4.79 Å². The largest absolute Gasteiger partial charge is 0.458 e. The fourth-order valence-corrected chi connectivity index (χ4v) is 3.23. The SMILES string of the molecule is Cn1c2ccccc2c2cc(/C=C/C(=O)OCc3ccccc3)ccc21. The summed E-state index contributed by atoms with van der Waals surface area (Å²) in [7, 11) is 2.07. The number of hydrogen-bond acceptors (Lipinski definition) is 2.